The topological polar surface area (TPSA) is 27.1 Å². The van der Waals surface area contributed by atoms with Gasteiger partial charge in [-0.15, -0.1) is 0 Å². The van der Waals surface area contributed by atoms with Crippen molar-refractivity contribution in [3.63, 3.8) is 0 Å². The summed E-state index contributed by atoms with van der Waals surface area (Å²) in [6.45, 7) is 3.92. The molecule has 2 aromatic rings. The van der Waals surface area contributed by atoms with Crippen LogP contribution in [0.15, 0.2) is 43.0 Å². The van der Waals surface area contributed by atoms with Gasteiger partial charge in [-0.2, -0.15) is 0 Å². The molecule has 21 heavy (non-hydrogen) atoms. The third-order valence-electron chi connectivity index (χ3n) is 4.44. The normalized spacial score (nSPS) is 21.2. The SMILES string of the molecule is CCCCCC1(Cn2ccnc2)OCCc2ccccc21. The lowest BCUT2D eigenvalue weighted by atomic mass is 9.82. The molecular formula is C18H24N2O. The maximum atomic E-state index is 6.36. The minimum atomic E-state index is -0.190. The molecule has 0 spiro atoms. The van der Waals surface area contributed by atoms with Crippen LogP contribution in [0.5, 0.6) is 0 Å². The Bertz CT molecular complexity index is 564. The van der Waals surface area contributed by atoms with Crippen molar-refractivity contribution in [1.29, 1.82) is 0 Å². The van der Waals surface area contributed by atoms with Crippen LogP contribution in [0.3, 0.4) is 0 Å². The fraction of sp³-hybridized carbons (Fsp3) is 0.500. The van der Waals surface area contributed by atoms with Crippen molar-refractivity contribution in [2.24, 2.45) is 0 Å². The van der Waals surface area contributed by atoms with E-state index in [-0.39, 0.29) is 5.60 Å². The molecule has 3 heteroatoms. The van der Waals surface area contributed by atoms with Gasteiger partial charge in [0.1, 0.15) is 5.60 Å². The molecule has 0 saturated heterocycles. The summed E-state index contributed by atoms with van der Waals surface area (Å²) >= 11 is 0. The lowest BCUT2D eigenvalue weighted by molar-refractivity contribution is -0.0800. The Morgan fingerprint density at radius 2 is 2.19 bits per heavy atom. The van der Waals surface area contributed by atoms with E-state index in [9.17, 15) is 0 Å². The van der Waals surface area contributed by atoms with Gasteiger partial charge < -0.3 is 9.30 Å². The first-order valence-corrected chi connectivity index (χ1v) is 8.02. The maximum Gasteiger partial charge on any atom is 0.111 e. The second-order valence-corrected chi connectivity index (χ2v) is 5.94. The van der Waals surface area contributed by atoms with E-state index in [1.165, 1.54) is 30.4 Å². The Labute approximate surface area is 127 Å². The number of fused-ring (bicyclic) bond motifs is 1. The van der Waals surface area contributed by atoms with E-state index in [0.717, 1.165) is 26.0 Å². The molecule has 0 bridgehead atoms. The average molecular weight is 284 g/mol. The molecule has 1 unspecified atom stereocenters. The highest BCUT2D eigenvalue weighted by molar-refractivity contribution is 5.34. The van der Waals surface area contributed by atoms with Crippen molar-refractivity contribution in [3.05, 3.63) is 54.1 Å². The van der Waals surface area contributed by atoms with Crippen LogP contribution in [0.4, 0.5) is 0 Å². The fourth-order valence-electron chi connectivity index (χ4n) is 3.37. The quantitative estimate of drug-likeness (QED) is 0.751. The van der Waals surface area contributed by atoms with Crippen molar-refractivity contribution in [3.8, 4) is 0 Å². The van der Waals surface area contributed by atoms with Gasteiger partial charge >= 0.3 is 0 Å². The molecule has 1 aliphatic heterocycles. The van der Waals surface area contributed by atoms with Crippen LogP contribution in [0.1, 0.15) is 43.7 Å². The van der Waals surface area contributed by atoms with Gasteiger partial charge in [0, 0.05) is 12.4 Å². The number of nitrogens with zero attached hydrogens (tertiary/aromatic N) is 2. The van der Waals surface area contributed by atoms with Crippen molar-refractivity contribution < 1.29 is 4.74 Å². The van der Waals surface area contributed by atoms with Gasteiger partial charge in [0.2, 0.25) is 0 Å². The molecular weight excluding hydrogens is 260 g/mol. The summed E-state index contributed by atoms with van der Waals surface area (Å²) in [5, 5.41) is 0. The van der Waals surface area contributed by atoms with Crippen LogP contribution >= 0.6 is 0 Å². The van der Waals surface area contributed by atoms with E-state index >= 15 is 0 Å². The van der Waals surface area contributed by atoms with E-state index in [2.05, 4.69) is 40.7 Å². The zero-order chi connectivity index (χ0) is 14.5. The fourth-order valence-corrected chi connectivity index (χ4v) is 3.37. The molecule has 1 aromatic carbocycles. The van der Waals surface area contributed by atoms with Crippen molar-refractivity contribution in [2.75, 3.05) is 6.61 Å². The summed E-state index contributed by atoms with van der Waals surface area (Å²) in [6, 6.07) is 8.77. The van der Waals surface area contributed by atoms with Gasteiger partial charge in [0.05, 0.1) is 19.5 Å². The highest BCUT2D eigenvalue weighted by Crippen LogP contribution is 2.39. The van der Waals surface area contributed by atoms with E-state index in [1.807, 2.05) is 18.7 Å². The first kappa shape index (κ1) is 14.3. The summed E-state index contributed by atoms with van der Waals surface area (Å²) in [5.41, 5.74) is 2.63. The Kier molecular flexibility index (Phi) is 4.39. The summed E-state index contributed by atoms with van der Waals surface area (Å²) < 4.78 is 8.51. The zero-order valence-electron chi connectivity index (χ0n) is 12.8. The average Bonchev–Trinajstić information content (AvgIpc) is 3.01. The number of hydrogen-bond acceptors (Lipinski definition) is 2. The Hall–Kier alpha value is -1.61. The van der Waals surface area contributed by atoms with Gasteiger partial charge in [-0.25, -0.2) is 4.98 Å². The monoisotopic (exact) mass is 284 g/mol. The second-order valence-electron chi connectivity index (χ2n) is 5.94. The van der Waals surface area contributed by atoms with E-state index in [4.69, 9.17) is 4.74 Å². The number of ether oxygens (including phenoxy) is 1. The van der Waals surface area contributed by atoms with Crippen LogP contribution < -0.4 is 0 Å². The number of aromatic nitrogens is 2. The molecule has 112 valence electrons. The summed E-state index contributed by atoms with van der Waals surface area (Å²) in [5.74, 6) is 0. The smallest absolute Gasteiger partial charge is 0.111 e. The first-order valence-electron chi connectivity index (χ1n) is 8.02. The van der Waals surface area contributed by atoms with Crippen molar-refractivity contribution in [1.82, 2.24) is 9.55 Å². The molecule has 0 amide bonds. The number of hydrogen-bond donors (Lipinski definition) is 0. The van der Waals surface area contributed by atoms with E-state index in [0.29, 0.717) is 0 Å². The van der Waals surface area contributed by atoms with Crippen LogP contribution in [-0.4, -0.2) is 16.2 Å². The lowest BCUT2D eigenvalue weighted by Crippen LogP contribution is -2.39. The number of benzene rings is 1. The van der Waals surface area contributed by atoms with E-state index in [1.54, 1.807) is 0 Å². The molecule has 0 fully saturated rings. The summed E-state index contributed by atoms with van der Waals surface area (Å²) in [6.07, 6.45) is 11.6. The highest BCUT2D eigenvalue weighted by atomic mass is 16.5. The second kappa shape index (κ2) is 6.44. The molecule has 0 radical (unpaired) electrons. The van der Waals surface area contributed by atoms with Gasteiger partial charge in [-0.3, -0.25) is 0 Å². The Morgan fingerprint density at radius 3 is 3.00 bits per heavy atom. The molecule has 2 heterocycles. The van der Waals surface area contributed by atoms with Crippen molar-refractivity contribution >= 4 is 0 Å². The molecule has 0 saturated carbocycles. The molecule has 0 N–H and O–H groups in total. The van der Waals surface area contributed by atoms with Gasteiger partial charge in [0.15, 0.2) is 0 Å². The molecule has 1 aromatic heterocycles. The molecule has 0 aliphatic carbocycles. The lowest BCUT2D eigenvalue weighted by Gasteiger charge is -2.39. The minimum absolute atomic E-state index is 0.190. The third kappa shape index (κ3) is 3.03. The predicted molar refractivity (Wildman–Crippen MR) is 84.1 cm³/mol. The highest BCUT2D eigenvalue weighted by Gasteiger charge is 2.37. The molecule has 1 atom stereocenters. The standard InChI is InChI=1S/C18H24N2O/c1-2-3-6-10-18(14-20-12-11-19-15-20)17-8-5-4-7-16(17)9-13-21-18/h4-5,7-8,11-12,15H,2-3,6,9-10,13-14H2,1H3. The molecule has 1 aliphatic rings. The zero-order valence-corrected chi connectivity index (χ0v) is 12.8. The van der Waals surface area contributed by atoms with Crippen LogP contribution in [0.2, 0.25) is 0 Å². The van der Waals surface area contributed by atoms with Gasteiger partial charge in [0.25, 0.3) is 0 Å². The summed E-state index contributed by atoms with van der Waals surface area (Å²) in [4.78, 5) is 4.18. The van der Waals surface area contributed by atoms with Gasteiger partial charge in [-0.1, -0.05) is 50.5 Å². The molecule has 3 nitrogen and oxygen atoms in total. The van der Waals surface area contributed by atoms with Crippen LogP contribution in [0, 0.1) is 0 Å². The number of imidazole rings is 1. The van der Waals surface area contributed by atoms with Crippen LogP contribution in [-0.2, 0) is 23.3 Å². The van der Waals surface area contributed by atoms with E-state index < -0.39 is 0 Å². The first-order chi connectivity index (χ1) is 10.3. The Balaban J connectivity index is 1.92. The Morgan fingerprint density at radius 1 is 1.29 bits per heavy atom. The predicted octanol–water partition coefficient (Wildman–Crippen LogP) is 3.93. The summed E-state index contributed by atoms with van der Waals surface area (Å²) in [7, 11) is 0. The largest absolute Gasteiger partial charge is 0.368 e. The van der Waals surface area contributed by atoms with Gasteiger partial charge in [-0.05, 0) is 24.0 Å². The number of rotatable bonds is 6. The maximum absolute atomic E-state index is 6.36. The third-order valence-corrected chi connectivity index (χ3v) is 4.44. The van der Waals surface area contributed by atoms with Crippen molar-refractivity contribution in [2.45, 2.75) is 51.2 Å². The minimum Gasteiger partial charge on any atom is -0.368 e. The molecule has 3 rings (SSSR count). The number of unbranched alkanes of at least 4 members (excludes halogenated alkanes) is 2. The van der Waals surface area contributed by atoms with Crippen LogP contribution in [0.25, 0.3) is 0 Å².